The lowest BCUT2D eigenvalue weighted by Gasteiger charge is -2.28. The standard InChI is InChI=1S/C17H34/c1-4-6-10-16(8-5-2)12-13-17-11-7-9-15(3)14-17/h15-17H,4-14H2,1-3H3. The Bertz CT molecular complexity index is 173. The molecule has 1 aliphatic rings. The Morgan fingerprint density at radius 3 is 2.47 bits per heavy atom. The number of unbranched alkanes of at least 4 members (excludes halogenated alkanes) is 1. The molecule has 0 nitrogen and oxygen atoms in total. The summed E-state index contributed by atoms with van der Waals surface area (Å²) in [5, 5.41) is 0. The fourth-order valence-electron chi connectivity index (χ4n) is 3.63. The fourth-order valence-corrected chi connectivity index (χ4v) is 3.63. The van der Waals surface area contributed by atoms with Gasteiger partial charge in [-0.05, 0) is 24.2 Å². The van der Waals surface area contributed by atoms with Crippen LogP contribution in [0.4, 0.5) is 0 Å². The summed E-state index contributed by atoms with van der Waals surface area (Å²) < 4.78 is 0. The van der Waals surface area contributed by atoms with Crippen LogP contribution in [0.2, 0.25) is 0 Å². The molecule has 0 aromatic heterocycles. The van der Waals surface area contributed by atoms with E-state index in [9.17, 15) is 0 Å². The Hall–Kier alpha value is 0. The summed E-state index contributed by atoms with van der Waals surface area (Å²) in [7, 11) is 0. The van der Waals surface area contributed by atoms with Gasteiger partial charge in [0, 0.05) is 0 Å². The van der Waals surface area contributed by atoms with Crippen LogP contribution in [0.5, 0.6) is 0 Å². The highest BCUT2D eigenvalue weighted by Crippen LogP contribution is 2.33. The zero-order chi connectivity index (χ0) is 12.5. The Balaban J connectivity index is 2.19. The molecule has 3 unspecified atom stereocenters. The predicted molar refractivity (Wildman–Crippen MR) is 78.3 cm³/mol. The summed E-state index contributed by atoms with van der Waals surface area (Å²) in [6, 6.07) is 0. The van der Waals surface area contributed by atoms with E-state index in [4.69, 9.17) is 0 Å². The topological polar surface area (TPSA) is 0 Å². The van der Waals surface area contributed by atoms with Crippen LogP contribution in [0.15, 0.2) is 0 Å². The molecule has 1 saturated carbocycles. The first-order valence-corrected chi connectivity index (χ1v) is 8.26. The SMILES string of the molecule is CCCCC(CCC)CCC1CCCC(C)C1. The molecule has 0 saturated heterocycles. The van der Waals surface area contributed by atoms with E-state index in [1.807, 2.05) is 0 Å². The molecule has 0 heteroatoms. The van der Waals surface area contributed by atoms with Gasteiger partial charge >= 0.3 is 0 Å². The van der Waals surface area contributed by atoms with Gasteiger partial charge in [0.25, 0.3) is 0 Å². The molecule has 0 amide bonds. The molecular formula is C17H34. The molecule has 3 atom stereocenters. The van der Waals surface area contributed by atoms with Crippen molar-refractivity contribution in [3.05, 3.63) is 0 Å². The second kappa shape index (κ2) is 9.00. The smallest absolute Gasteiger partial charge is 0.0412 e. The number of hydrogen-bond donors (Lipinski definition) is 0. The predicted octanol–water partition coefficient (Wildman–Crippen LogP) is 6.20. The highest BCUT2D eigenvalue weighted by molar-refractivity contribution is 4.72. The summed E-state index contributed by atoms with van der Waals surface area (Å²) in [6.07, 6.45) is 16.3. The summed E-state index contributed by atoms with van der Waals surface area (Å²) in [6.45, 7) is 7.13. The van der Waals surface area contributed by atoms with Crippen LogP contribution in [0, 0.1) is 17.8 Å². The van der Waals surface area contributed by atoms with Gasteiger partial charge in [0.05, 0.1) is 0 Å². The maximum atomic E-state index is 2.45. The zero-order valence-electron chi connectivity index (χ0n) is 12.5. The lowest BCUT2D eigenvalue weighted by Crippen LogP contribution is -2.14. The van der Waals surface area contributed by atoms with Crippen LogP contribution in [0.25, 0.3) is 0 Å². The van der Waals surface area contributed by atoms with Gasteiger partial charge in [-0.1, -0.05) is 85.0 Å². The Kier molecular flexibility index (Phi) is 7.97. The van der Waals surface area contributed by atoms with Crippen molar-refractivity contribution in [2.45, 2.75) is 91.4 Å². The van der Waals surface area contributed by atoms with E-state index >= 15 is 0 Å². The third kappa shape index (κ3) is 6.48. The van der Waals surface area contributed by atoms with Crippen LogP contribution in [-0.4, -0.2) is 0 Å². The first kappa shape index (κ1) is 15.1. The van der Waals surface area contributed by atoms with Crippen molar-refractivity contribution in [1.29, 1.82) is 0 Å². The summed E-state index contributed by atoms with van der Waals surface area (Å²) >= 11 is 0. The second-order valence-electron chi connectivity index (χ2n) is 6.51. The minimum Gasteiger partial charge on any atom is -0.0654 e. The molecule has 0 heterocycles. The van der Waals surface area contributed by atoms with Gasteiger partial charge in [0.1, 0.15) is 0 Å². The number of rotatable bonds is 8. The van der Waals surface area contributed by atoms with Gasteiger partial charge < -0.3 is 0 Å². The average molecular weight is 238 g/mol. The molecular weight excluding hydrogens is 204 g/mol. The van der Waals surface area contributed by atoms with Crippen LogP contribution in [-0.2, 0) is 0 Å². The molecule has 1 aliphatic carbocycles. The summed E-state index contributed by atoms with van der Waals surface area (Å²) in [5.74, 6) is 3.12. The Labute approximate surface area is 110 Å². The maximum Gasteiger partial charge on any atom is -0.0412 e. The van der Waals surface area contributed by atoms with Gasteiger partial charge in [-0.25, -0.2) is 0 Å². The van der Waals surface area contributed by atoms with E-state index in [1.165, 1.54) is 70.6 Å². The van der Waals surface area contributed by atoms with Crippen molar-refractivity contribution in [2.75, 3.05) is 0 Å². The van der Waals surface area contributed by atoms with Crippen LogP contribution < -0.4 is 0 Å². The van der Waals surface area contributed by atoms with Crippen molar-refractivity contribution < 1.29 is 0 Å². The fraction of sp³-hybridized carbons (Fsp3) is 1.00. The van der Waals surface area contributed by atoms with E-state index in [1.54, 1.807) is 0 Å². The van der Waals surface area contributed by atoms with E-state index < -0.39 is 0 Å². The van der Waals surface area contributed by atoms with Crippen LogP contribution in [0.1, 0.15) is 91.4 Å². The average Bonchev–Trinajstić information content (AvgIpc) is 2.33. The first-order chi connectivity index (χ1) is 8.26. The molecule has 0 bridgehead atoms. The first-order valence-electron chi connectivity index (χ1n) is 8.26. The molecule has 0 aromatic carbocycles. The molecule has 0 aliphatic heterocycles. The third-order valence-electron chi connectivity index (χ3n) is 4.69. The van der Waals surface area contributed by atoms with Crippen LogP contribution >= 0.6 is 0 Å². The minimum atomic E-state index is 1.01. The monoisotopic (exact) mass is 238 g/mol. The minimum absolute atomic E-state index is 1.01. The molecule has 0 N–H and O–H groups in total. The Morgan fingerprint density at radius 1 is 1.00 bits per heavy atom. The van der Waals surface area contributed by atoms with E-state index in [0.717, 1.165) is 17.8 Å². The molecule has 1 rings (SSSR count). The molecule has 0 spiro atoms. The molecule has 102 valence electrons. The normalized spacial score (nSPS) is 27.0. The molecule has 0 radical (unpaired) electrons. The van der Waals surface area contributed by atoms with Crippen molar-refractivity contribution in [2.24, 2.45) is 17.8 Å². The third-order valence-corrected chi connectivity index (χ3v) is 4.69. The van der Waals surface area contributed by atoms with Gasteiger partial charge in [0.15, 0.2) is 0 Å². The summed E-state index contributed by atoms with van der Waals surface area (Å²) in [4.78, 5) is 0. The maximum absolute atomic E-state index is 2.45. The van der Waals surface area contributed by atoms with Crippen molar-refractivity contribution in [3.8, 4) is 0 Å². The molecule has 17 heavy (non-hydrogen) atoms. The van der Waals surface area contributed by atoms with Crippen molar-refractivity contribution >= 4 is 0 Å². The molecule has 0 aromatic rings. The van der Waals surface area contributed by atoms with E-state index in [0.29, 0.717) is 0 Å². The van der Waals surface area contributed by atoms with Gasteiger partial charge in [-0.2, -0.15) is 0 Å². The van der Waals surface area contributed by atoms with Crippen LogP contribution in [0.3, 0.4) is 0 Å². The highest BCUT2D eigenvalue weighted by atomic mass is 14.3. The highest BCUT2D eigenvalue weighted by Gasteiger charge is 2.19. The van der Waals surface area contributed by atoms with E-state index in [2.05, 4.69) is 20.8 Å². The van der Waals surface area contributed by atoms with E-state index in [-0.39, 0.29) is 0 Å². The lowest BCUT2D eigenvalue weighted by molar-refractivity contribution is 0.246. The van der Waals surface area contributed by atoms with Gasteiger partial charge in [-0.3, -0.25) is 0 Å². The quantitative estimate of drug-likeness (QED) is 0.472. The largest absolute Gasteiger partial charge is 0.0654 e. The van der Waals surface area contributed by atoms with Gasteiger partial charge in [-0.15, -0.1) is 0 Å². The van der Waals surface area contributed by atoms with Crippen molar-refractivity contribution in [3.63, 3.8) is 0 Å². The second-order valence-corrected chi connectivity index (χ2v) is 6.51. The Morgan fingerprint density at radius 2 is 1.82 bits per heavy atom. The summed E-state index contributed by atoms with van der Waals surface area (Å²) in [5.41, 5.74) is 0. The number of hydrogen-bond acceptors (Lipinski definition) is 0. The van der Waals surface area contributed by atoms with Crippen molar-refractivity contribution in [1.82, 2.24) is 0 Å². The van der Waals surface area contributed by atoms with Gasteiger partial charge in [0.2, 0.25) is 0 Å². The molecule has 1 fully saturated rings. The lowest BCUT2D eigenvalue weighted by atomic mass is 9.78. The zero-order valence-corrected chi connectivity index (χ0v) is 12.5.